The molecule has 1 fully saturated rings. The van der Waals surface area contributed by atoms with Crippen molar-refractivity contribution in [1.29, 1.82) is 0 Å². The number of rotatable bonds is 3. The van der Waals surface area contributed by atoms with E-state index in [-0.39, 0.29) is 0 Å². The van der Waals surface area contributed by atoms with Gasteiger partial charge in [-0.2, -0.15) is 12.6 Å². The van der Waals surface area contributed by atoms with Crippen LogP contribution in [0.4, 0.5) is 0 Å². The number of hydrogen-bond donors (Lipinski definition) is 1. The van der Waals surface area contributed by atoms with Gasteiger partial charge in [0.2, 0.25) is 0 Å². The lowest BCUT2D eigenvalue weighted by Gasteiger charge is -2.24. The summed E-state index contributed by atoms with van der Waals surface area (Å²) in [4.78, 5) is 2.50. The molecular weight excluding hydrogens is 182 g/mol. The Morgan fingerprint density at radius 2 is 2.38 bits per heavy atom. The summed E-state index contributed by atoms with van der Waals surface area (Å²) >= 11 is 4.31. The number of hydrogen-bond acceptors (Lipinski definition) is 3. The van der Waals surface area contributed by atoms with Crippen LogP contribution in [0, 0.1) is 11.8 Å². The molecule has 0 aromatic carbocycles. The fourth-order valence-electron chi connectivity index (χ4n) is 1.73. The first kappa shape index (κ1) is 11.3. The molecule has 1 saturated heterocycles. The molecule has 0 amide bonds. The van der Waals surface area contributed by atoms with Gasteiger partial charge in [0.15, 0.2) is 0 Å². The van der Waals surface area contributed by atoms with Crippen LogP contribution in [0.5, 0.6) is 0 Å². The Labute approximate surface area is 87.0 Å². The van der Waals surface area contributed by atoms with Gasteiger partial charge in [-0.25, -0.2) is 0 Å². The van der Waals surface area contributed by atoms with Gasteiger partial charge >= 0.3 is 0 Å². The molecule has 0 bridgehead atoms. The molecule has 2 unspecified atom stereocenters. The molecule has 0 spiro atoms. The maximum absolute atomic E-state index is 5.49. The predicted molar refractivity (Wildman–Crippen MR) is 59.4 cm³/mol. The third kappa shape index (κ3) is 4.34. The van der Waals surface area contributed by atoms with E-state index in [0.717, 1.165) is 32.1 Å². The summed E-state index contributed by atoms with van der Waals surface area (Å²) in [6.45, 7) is 9.75. The Morgan fingerprint density at radius 3 is 3.08 bits per heavy atom. The van der Waals surface area contributed by atoms with E-state index >= 15 is 0 Å². The standard InChI is InChI=1S/C10H21NOS/c1-9-5-11(3-4-12-7-9)6-10(2)8-13/h9-10,13H,3-8H2,1-2H3. The third-order valence-corrected chi connectivity index (χ3v) is 3.03. The molecule has 0 aliphatic carbocycles. The first-order chi connectivity index (χ1) is 6.22. The Hall–Kier alpha value is 0.270. The monoisotopic (exact) mass is 203 g/mol. The molecule has 0 radical (unpaired) electrons. The van der Waals surface area contributed by atoms with E-state index in [0.29, 0.717) is 11.8 Å². The zero-order valence-corrected chi connectivity index (χ0v) is 9.59. The zero-order chi connectivity index (χ0) is 9.68. The summed E-state index contributed by atoms with van der Waals surface area (Å²) in [7, 11) is 0. The molecule has 1 aliphatic heterocycles. The highest BCUT2D eigenvalue weighted by Crippen LogP contribution is 2.09. The Bertz CT molecular complexity index is 143. The number of ether oxygens (including phenoxy) is 1. The van der Waals surface area contributed by atoms with Crippen molar-refractivity contribution in [1.82, 2.24) is 4.90 Å². The highest BCUT2D eigenvalue weighted by Gasteiger charge is 2.16. The maximum atomic E-state index is 5.49. The van der Waals surface area contributed by atoms with Crippen LogP contribution >= 0.6 is 12.6 Å². The molecule has 1 heterocycles. The Morgan fingerprint density at radius 1 is 1.62 bits per heavy atom. The average molecular weight is 203 g/mol. The molecule has 78 valence electrons. The summed E-state index contributed by atoms with van der Waals surface area (Å²) in [6, 6.07) is 0. The predicted octanol–water partition coefficient (Wildman–Crippen LogP) is 1.52. The molecule has 0 N–H and O–H groups in total. The van der Waals surface area contributed by atoms with Crippen LogP contribution in [-0.4, -0.2) is 43.5 Å². The van der Waals surface area contributed by atoms with E-state index < -0.39 is 0 Å². The summed E-state index contributed by atoms with van der Waals surface area (Å²) in [5.74, 6) is 2.34. The second kappa shape index (κ2) is 5.89. The van der Waals surface area contributed by atoms with Gasteiger partial charge in [-0.3, -0.25) is 0 Å². The average Bonchev–Trinajstić information content (AvgIpc) is 2.30. The van der Waals surface area contributed by atoms with Crippen molar-refractivity contribution in [3.63, 3.8) is 0 Å². The minimum absolute atomic E-state index is 0.676. The minimum atomic E-state index is 0.676. The second-order valence-corrected chi connectivity index (χ2v) is 4.59. The zero-order valence-electron chi connectivity index (χ0n) is 8.70. The van der Waals surface area contributed by atoms with Gasteiger partial charge in [0.05, 0.1) is 13.2 Å². The Balaban J connectivity index is 2.30. The van der Waals surface area contributed by atoms with Gasteiger partial charge in [0.1, 0.15) is 0 Å². The molecule has 13 heavy (non-hydrogen) atoms. The van der Waals surface area contributed by atoms with Crippen LogP contribution in [0.3, 0.4) is 0 Å². The van der Waals surface area contributed by atoms with Crippen molar-refractivity contribution >= 4 is 12.6 Å². The second-order valence-electron chi connectivity index (χ2n) is 4.23. The van der Waals surface area contributed by atoms with E-state index in [9.17, 15) is 0 Å². The van der Waals surface area contributed by atoms with E-state index in [2.05, 4.69) is 31.4 Å². The maximum Gasteiger partial charge on any atom is 0.0593 e. The van der Waals surface area contributed by atoms with Crippen molar-refractivity contribution < 1.29 is 4.74 Å². The van der Waals surface area contributed by atoms with Crippen molar-refractivity contribution in [3.05, 3.63) is 0 Å². The van der Waals surface area contributed by atoms with Crippen molar-refractivity contribution in [3.8, 4) is 0 Å². The molecular formula is C10H21NOS. The summed E-state index contributed by atoms with van der Waals surface area (Å²) < 4.78 is 5.49. The molecule has 2 nitrogen and oxygen atoms in total. The third-order valence-electron chi connectivity index (χ3n) is 2.41. The summed E-state index contributed by atoms with van der Waals surface area (Å²) in [6.07, 6.45) is 0. The molecule has 0 aromatic heterocycles. The minimum Gasteiger partial charge on any atom is -0.380 e. The summed E-state index contributed by atoms with van der Waals surface area (Å²) in [5, 5.41) is 0. The van der Waals surface area contributed by atoms with Gasteiger partial charge < -0.3 is 9.64 Å². The Kier molecular flexibility index (Phi) is 5.14. The lowest BCUT2D eigenvalue weighted by atomic mass is 10.1. The van der Waals surface area contributed by atoms with Crippen LogP contribution in [0.15, 0.2) is 0 Å². The highest BCUT2D eigenvalue weighted by molar-refractivity contribution is 7.80. The van der Waals surface area contributed by atoms with Crippen LogP contribution in [-0.2, 0) is 4.74 Å². The molecule has 1 aliphatic rings. The van der Waals surface area contributed by atoms with Gasteiger partial charge in [0.25, 0.3) is 0 Å². The SMILES string of the molecule is CC(CS)CN1CCOCC(C)C1. The normalized spacial score (nSPS) is 28.4. The quantitative estimate of drug-likeness (QED) is 0.698. The molecule has 0 aromatic rings. The highest BCUT2D eigenvalue weighted by atomic mass is 32.1. The summed E-state index contributed by atoms with van der Waals surface area (Å²) in [5.41, 5.74) is 0. The topological polar surface area (TPSA) is 12.5 Å². The molecule has 3 heteroatoms. The van der Waals surface area contributed by atoms with Gasteiger partial charge in [0, 0.05) is 19.6 Å². The number of nitrogens with zero attached hydrogens (tertiary/aromatic N) is 1. The van der Waals surface area contributed by atoms with Crippen LogP contribution < -0.4 is 0 Å². The van der Waals surface area contributed by atoms with E-state index in [1.807, 2.05) is 0 Å². The van der Waals surface area contributed by atoms with Crippen molar-refractivity contribution in [2.24, 2.45) is 11.8 Å². The van der Waals surface area contributed by atoms with Gasteiger partial charge in [-0.1, -0.05) is 13.8 Å². The fourth-order valence-corrected chi connectivity index (χ4v) is 1.84. The molecule has 2 atom stereocenters. The van der Waals surface area contributed by atoms with Crippen molar-refractivity contribution in [2.45, 2.75) is 13.8 Å². The van der Waals surface area contributed by atoms with E-state index in [1.165, 1.54) is 6.54 Å². The number of thiol groups is 1. The van der Waals surface area contributed by atoms with Crippen LogP contribution in [0.2, 0.25) is 0 Å². The van der Waals surface area contributed by atoms with E-state index in [1.54, 1.807) is 0 Å². The first-order valence-electron chi connectivity index (χ1n) is 5.13. The van der Waals surface area contributed by atoms with Crippen LogP contribution in [0.1, 0.15) is 13.8 Å². The molecule has 0 saturated carbocycles. The lowest BCUT2D eigenvalue weighted by Crippen LogP contribution is -2.33. The first-order valence-corrected chi connectivity index (χ1v) is 5.76. The van der Waals surface area contributed by atoms with Crippen molar-refractivity contribution in [2.75, 3.05) is 38.6 Å². The smallest absolute Gasteiger partial charge is 0.0593 e. The molecule has 1 rings (SSSR count). The van der Waals surface area contributed by atoms with E-state index in [4.69, 9.17) is 4.74 Å². The lowest BCUT2D eigenvalue weighted by molar-refractivity contribution is 0.125. The van der Waals surface area contributed by atoms with Gasteiger partial charge in [-0.05, 0) is 17.6 Å². The van der Waals surface area contributed by atoms with Gasteiger partial charge in [-0.15, -0.1) is 0 Å². The van der Waals surface area contributed by atoms with Crippen LogP contribution in [0.25, 0.3) is 0 Å². The fraction of sp³-hybridized carbons (Fsp3) is 1.00. The largest absolute Gasteiger partial charge is 0.380 e.